The maximum atomic E-state index is 12.0. The first-order chi connectivity index (χ1) is 8.38. The van der Waals surface area contributed by atoms with Crippen LogP contribution in [0.4, 0.5) is 5.69 Å². The number of anilines is 1. The Labute approximate surface area is 113 Å². The maximum Gasteiger partial charge on any atom is 0.281 e. The molecule has 2 heterocycles. The highest BCUT2D eigenvalue weighted by Gasteiger charge is 2.18. The second-order valence-electron chi connectivity index (χ2n) is 3.71. The van der Waals surface area contributed by atoms with Crippen LogP contribution in [0, 0.1) is 6.92 Å². The number of hydrogen-bond acceptors (Lipinski definition) is 4. The maximum absolute atomic E-state index is 12.0. The van der Waals surface area contributed by atoms with Crippen molar-refractivity contribution in [3.63, 3.8) is 0 Å². The van der Waals surface area contributed by atoms with Gasteiger partial charge in [0.05, 0.1) is 11.9 Å². The van der Waals surface area contributed by atoms with Gasteiger partial charge in [0, 0.05) is 13.2 Å². The molecule has 0 bridgehead atoms. The van der Waals surface area contributed by atoms with Crippen LogP contribution in [0.5, 0.6) is 0 Å². The first-order valence-electron chi connectivity index (χ1n) is 5.03. The van der Waals surface area contributed by atoms with Gasteiger partial charge >= 0.3 is 0 Å². The summed E-state index contributed by atoms with van der Waals surface area (Å²) in [6.07, 6.45) is 2.89. The van der Waals surface area contributed by atoms with E-state index in [2.05, 4.69) is 30.6 Å². The smallest absolute Gasteiger partial charge is 0.281 e. The molecule has 0 fully saturated rings. The average molecular weight is 331 g/mol. The molecule has 0 radical (unpaired) electrons. The van der Waals surface area contributed by atoms with E-state index in [-0.39, 0.29) is 5.03 Å². The number of nitrogens with one attached hydrogen (secondary N) is 1. The predicted molar refractivity (Wildman–Crippen MR) is 70.7 cm³/mol. The van der Waals surface area contributed by atoms with Crippen molar-refractivity contribution in [3.05, 3.63) is 35.0 Å². The third-order valence-corrected chi connectivity index (χ3v) is 4.06. The van der Waals surface area contributed by atoms with E-state index in [1.807, 2.05) is 0 Å². The van der Waals surface area contributed by atoms with Crippen molar-refractivity contribution in [3.8, 4) is 0 Å². The monoisotopic (exact) mass is 330 g/mol. The third-order valence-electron chi connectivity index (χ3n) is 2.34. The predicted octanol–water partition coefficient (Wildman–Crippen LogP) is 1.69. The number of imidazole rings is 1. The van der Waals surface area contributed by atoms with Crippen LogP contribution in [0.15, 0.2) is 34.2 Å². The zero-order valence-corrected chi connectivity index (χ0v) is 12.2. The molecule has 1 N–H and O–H groups in total. The minimum absolute atomic E-state index is 0.00887. The molecular weight excluding hydrogens is 320 g/mol. The van der Waals surface area contributed by atoms with E-state index in [1.54, 1.807) is 30.7 Å². The Bertz CT molecular complexity index is 644. The lowest BCUT2D eigenvalue weighted by Crippen LogP contribution is -2.13. The average Bonchev–Trinajstić information content (AvgIpc) is 2.63. The Kier molecular flexibility index (Phi) is 3.40. The van der Waals surface area contributed by atoms with Crippen LogP contribution < -0.4 is 4.72 Å². The van der Waals surface area contributed by atoms with Crippen LogP contribution in [-0.4, -0.2) is 23.0 Å². The van der Waals surface area contributed by atoms with E-state index in [4.69, 9.17) is 0 Å². The summed E-state index contributed by atoms with van der Waals surface area (Å²) in [5.41, 5.74) is 0.390. The van der Waals surface area contributed by atoms with Gasteiger partial charge in [-0.1, -0.05) is 0 Å². The van der Waals surface area contributed by atoms with E-state index >= 15 is 0 Å². The first kappa shape index (κ1) is 13.0. The molecule has 18 heavy (non-hydrogen) atoms. The number of hydrogen-bond donors (Lipinski definition) is 1. The van der Waals surface area contributed by atoms with Crippen LogP contribution in [0.1, 0.15) is 5.82 Å². The van der Waals surface area contributed by atoms with Gasteiger partial charge in [0.25, 0.3) is 10.0 Å². The normalized spacial score (nSPS) is 11.5. The second-order valence-corrected chi connectivity index (χ2v) is 6.15. The van der Waals surface area contributed by atoms with Crippen molar-refractivity contribution in [2.24, 2.45) is 7.05 Å². The molecule has 0 atom stereocenters. The third kappa shape index (κ3) is 2.70. The van der Waals surface area contributed by atoms with Gasteiger partial charge in [-0.25, -0.2) is 9.97 Å². The van der Waals surface area contributed by atoms with Gasteiger partial charge in [0.1, 0.15) is 10.4 Å². The summed E-state index contributed by atoms with van der Waals surface area (Å²) in [7, 11) is -1.93. The summed E-state index contributed by atoms with van der Waals surface area (Å²) in [5, 5.41) is -0.00887. The summed E-state index contributed by atoms with van der Waals surface area (Å²) in [6.45, 7) is 1.74. The molecule has 2 rings (SSSR count). The summed E-state index contributed by atoms with van der Waals surface area (Å²) in [6, 6.07) is 3.27. The Morgan fingerprint density at radius 1 is 1.39 bits per heavy atom. The Hall–Kier alpha value is -1.41. The van der Waals surface area contributed by atoms with Crippen molar-refractivity contribution in [2.45, 2.75) is 11.9 Å². The van der Waals surface area contributed by atoms with Crippen LogP contribution in [-0.2, 0) is 17.1 Å². The van der Waals surface area contributed by atoms with Crippen LogP contribution in [0.25, 0.3) is 0 Å². The van der Waals surface area contributed by atoms with Gasteiger partial charge in [-0.15, -0.1) is 0 Å². The molecule has 0 saturated heterocycles. The van der Waals surface area contributed by atoms with Gasteiger partial charge in [-0.05, 0) is 35.0 Å². The molecule has 0 saturated carbocycles. The Morgan fingerprint density at radius 2 is 2.11 bits per heavy atom. The van der Waals surface area contributed by atoms with E-state index in [1.165, 1.54) is 12.4 Å². The van der Waals surface area contributed by atoms with Crippen molar-refractivity contribution in [1.29, 1.82) is 0 Å². The zero-order valence-electron chi connectivity index (χ0n) is 9.75. The molecule has 6 nitrogen and oxygen atoms in total. The molecule has 0 aromatic carbocycles. The van der Waals surface area contributed by atoms with Gasteiger partial charge < -0.3 is 4.57 Å². The molecule has 0 aliphatic heterocycles. The summed E-state index contributed by atoms with van der Waals surface area (Å²) < 4.78 is 28.8. The molecule has 0 aliphatic carbocycles. The lowest BCUT2D eigenvalue weighted by atomic mass is 10.4. The molecular formula is C10H11BrN4O2S. The minimum atomic E-state index is -3.67. The molecule has 0 amide bonds. The summed E-state index contributed by atoms with van der Waals surface area (Å²) >= 11 is 3.18. The van der Waals surface area contributed by atoms with Gasteiger partial charge in [0.2, 0.25) is 0 Å². The number of pyridine rings is 1. The highest BCUT2D eigenvalue weighted by molar-refractivity contribution is 9.10. The van der Waals surface area contributed by atoms with E-state index in [9.17, 15) is 8.42 Å². The second kappa shape index (κ2) is 4.69. The van der Waals surface area contributed by atoms with Crippen molar-refractivity contribution >= 4 is 31.6 Å². The fourth-order valence-corrected chi connectivity index (χ4v) is 2.62. The van der Waals surface area contributed by atoms with E-state index < -0.39 is 10.0 Å². The van der Waals surface area contributed by atoms with Crippen LogP contribution in [0.3, 0.4) is 0 Å². The zero-order chi connectivity index (χ0) is 13.3. The SMILES string of the molecule is Cc1nc(S(=O)(=O)Nc2ccc(Br)nc2)cn1C. The number of aryl methyl sites for hydroxylation is 2. The van der Waals surface area contributed by atoms with Gasteiger partial charge in [-0.3, -0.25) is 4.72 Å². The van der Waals surface area contributed by atoms with Crippen molar-refractivity contribution in [2.75, 3.05) is 4.72 Å². The number of rotatable bonds is 3. The topological polar surface area (TPSA) is 76.9 Å². The fourth-order valence-electron chi connectivity index (χ4n) is 1.30. The minimum Gasteiger partial charge on any atom is -0.337 e. The van der Waals surface area contributed by atoms with Gasteiger partial charge in [-0.2, -0.15) is 8.42 Å². The summed E-state index contributed by atoms with van der Waals surface area (Å²) in [5.74, 6) is 0.629. The quantitative estimate of drug-likeness (QED) is 0.869. The fraction of sp³-hybridized carbons (Fsp3) is 0.200. The number of nitrogens with zero attached hydrogens (tertiary/aromatic N) is 3. The number of halogens is 1. The van der Waals surface area contributed by atoms with Crippen LogP contribution >= 0.6 is 15.9 Å². The number of sulfonamides is 1. The summed E-state index contributed by atoms with van der Waals surface area (Å²) in [4.78, 5) is 7.92. The Balaban J connectivity index is 2.29. The molecule has 0 aliphatic rings. The lowest BCUT2D eigenvalue weighted by molar-refractivity contribution is 0.598. The lowest BCUT2D eigenvalue weighted by Gasteiger charge is -2.04. The molecule has 8 heteroatoms. The van der Waals surface area contributed by atoms with E-state index in [0.717, 1.165) is 0 Å². The van der Waals surface area contributed by atoms with Crippen molar-refractivity contribution in [1.82, 2.24) is 14.5 Å². The van der Waals surface area contributed by atoms with Crippen LogP contribution in [0.2, 0.25) is 0 Å². The molecule has 2 aromatic heterocycles. The standard InChI is InChI=1S/C10H11BrN4O2S/c1-7-13-10(6-15(7)2)18(16,17)14-8-3-4-9(11)12-5-8/h3-6,14H,1-2H3. The highest BCUT2D eigenvalue weighted by atomic mass is 79.9. The first-order valence-corrected chi connectivity index (χ1v) is 7.30. The van der Waals surface area contributed by atoms with Gasteiger partial charge in [0.15, 0.2) is 5.03 Å². The molecule has 0 spiro atoms. The number of aromatic nitrogens is 3. The van der Waals surface area contributed by atoms with E-state index in [0.29, 0.717) is 16.1 Å². The largest absolute Gasteiger partial charge is 0.337 e. The Morgan fingerprint density at radius 3 is 2.61 bits per heavy atom. The molecule has 96 valence electrons. The molecule has 0 unspecified atom stereocenters. The highest BCUT2D eigenvalue weighted by Crippen LogP contribution is 2.16. The van der Waals surface area contributed by atoms with Crippen molar-refractivity contribution < 1.29 is 8.42 Å². The molecule has 2 aromatic rings.